The average molecular weight is 268 g/mol. The van der Waals surface area contributed by atoms with Gasteiger partial charge in [-0.05, 0) is 55.0 Å². The fourth-order valence-corrected chi connectivity index (χ4v) is 1.72. The van der Waals surface area contributed by atoms with Crippen molar-refractivity contribution in [1.29, 1.82) is 0 Å². The summed E-state index contributed by atoms with van der Waals surface area (Å²) in [5, 5.41) is 11.0. The maximum absolute atomic E-state index is 10.9. The van der Waals surface area contributed by atoms with Crippen molar-refractivity contribution in [2.75, 3.05) is 11.1 Å². The Hall–Kier alpha value is -2.69. The first-order chi connectivity index (χ1) is 9.54. The number of rotatable bonds is 3. The number of carbonyl (C=O) groups is 1. The predicted molar refractivity (Wildman–Crippen MR) is 80.5 cm³/mol. The Bertz CT molecular complexity index is 647. The Morgan fingerprint density at radius 2 is 1.80 bits per heavy atom. The summed E-state index contributed by atoms with van der Waals surface area (Å²) >= 11 is 0. The Morgan fingerprint density at radius 3 is 2.40 bits per heavy atom. The molecule has 0 bridgehead atoms. The molecule has 0 fully saturated rings. The highest BCUT2D eigenvalue weighted by molar-refractivity contribution is 5.88. The smallest absolute Gasteiger partial charge is 0.221 e. The number of anilines is 2. The highest BCUT2D eigenvalue weighted by atomic mass is 16.1. The van der Waals surface area contributed by atoms with E-state index in [0.717, 1.165) is 22.6 Å². The van der Waals surface area contributed by atoms with E-state index >= 15 is 0 Å². The van der Waals surface area contributed by atoms with Gasteiger partial charge in [-0.3, -0.25) is 4.79 Å². The summed E-state index contributed by atoms with van der Waals surface area (Å²) in [5.41, 5.74) is 9.61. The SMILES string of the molecule is CC(=O)Nc1ccc(N=Nc2ccc(N)cc2C)cc1. The van der Waals surface area contributed by atoms with E-state index < -0.39 is 0 Å². The fourth-order valence-electron chi connectivity index (χ4n) is 1.72. The number of nitrogen functional groups attached to an aromatic ring is 1. The molecular weight excluding hydrogens is 252 g/mol. The van der Waals surface area contributed by atoms with E-state index in [0.29, 0.717) is 5.69 Å². The van der Waals surface area contributed by atoms with Crippen LogP contribution in [-0.2, 0) is 4.79 Å². The Kier molecular flexibility index (Phi) is 4.10. The van der Waals surface area contributed by atoms with E-state index in [1.165, 1.54) is 6.92 Å². The predicted octanol–water partition coefficient (Wildman–Crippen LogP) is 3.95. The molecule has 0 saturated carbocycles. The zero-order valence-electron chi connectivity index (χ0n) is 11.4. The lowest BCUT2D eigenvalue weighted by Crippen LogP contribution is -2.04. The van der Waals surface area contributed by atoms with Gasteiger partial charge in [0.2, 0.25) is 5.91 Å². The van der Waals surface area contributed by atoms with Gasteiger partial charge in [-0.2, -0.15) is 10.2 Å². The number of aryl methyl sites for hydroxylation is 1. The highest BCUT2D eigenvalue weighted by Crippen LogP contribution is 2.24. The number of amides is 1. The molecule has 102 valence electrons. The summed E-state index contributed by atoms with van der Waals surface area (Å²) in [6.45, 7) is 3.40. The lowest BCUT2D eigenvalue weighted by molar-refractivity contribution is -0.114. The zero-order valence-corrected chi connectivity index (χ0v) is 11.4. The summed E-state index contributed by atoms with van der Waals surface area (Å²) in [4.78, 5) is 10.9. The van der Waals surface area contributed by atoms with Crippen LogP contribution < -0.4 is 11.1 Å². The Balaban J connectivity index is 2.13. The van der Waals surface area contributed by atoms with E-state index in [2.05, 4.69) is 15.5 Å². The van der Waals surface area contributed by atoms with Gasteiger partial charge in [-0.1, -0.05) is 0 Å². The van der Waals surface area contributed by atoms with E-state index in [-0.39, 0.29) is 5.91 Å². The molecule has 0 aliphatic heterocycles. The van der Waals surface area contributed by atoms with Crippen LogP contribution >= 0.6 is 0 Å². The van der Waals surface area contributed by atoms with Crippen molar-refractivity contribution in [3.8, 4) is 0 Å². The maximum Gasteiger partial charge on any atom is 0.221 e. The molecule has 1 amide bonds. The van der Waals surface area contributed by atoms with Gasteiger partial charge in [0, 0.05) is 18.3 Å². The topological polar surface area (TPSA) is 79.8 Å². The lowest BCUT2D eigenvalue weighted by Gasteiger charge is -2.02. The van der Waals surface area contributed by atoms with E-state index in [4.69, 9.17) is 5.73 Å². The molecule has 0 atom stereocenters. The molecule has 0 aliphatic carbocycles. The summed E-state index contributed by atoms with van der Waals surface area (Å²) in [6.07, 6.45) is 0. The molecule has 2 aromatic carbocycles. The van der Waals surface area contributed by atoms with Crippen LogP contribution in [0.1, 0.15) is 12.5 Å². The minimum atomic E-state index is -0.100. The number of hydrogen-bond donors (Lipinski definition) is 2. The molecule has 3 N–H and O–H groups in total. The van der Waals surface area contributed by atoms with Crippen molar-refractivity contribution in [3.05, 3.63) is 48.0 Å². The molecule has 2 rings (SSSR count). The quantitative estimate of drug-likeness (QED) is 0.652. The summed E-state index contributed by atoms with van der Waals surface area (Å²) < 4.78 is 0. The number of azo groups is 1. The molecule has 0 aliphatic rings. The van der Waals surface area contributed by atoms with Crippen molar-refractivity contribution >= 4 is 28.7 Å². The van der Waals surface area contributed by atoms with Crippen molar-refractivity contribution in [2.45, 2.75) is 13.8 Å². The van der Waals surface area contributed by atoms with Gasteiger partial charge in [0.25, 0.3) is 0 Å². The molecule has 0 heterocycles. The molecule has 5 nitrogen and oxygen atoms in total. The van der Waals surface area contributed by atoms with Crippen LogP contribution in [-0.4, -0.2) is 5.91 Å². The van der Waals surface area contributed by atoms with Crippen molar-refractivity contribution < 1.29 is 4.79 Å². The molecule has 0 spiro atoms. The number of nitrogens with two attached hydrogens (primary N) is 1. The van der Waals surface area contributed by atoms with Crippen molar-refractivity contribution in [2.24, 2.45) is 10.2 Å². The second-order valence-corrected chi connectivity index (χ2v) is 4.47. The summed E-state index contributed by atoms with van der Waals surface area (Å²) in [5.74, 6) is -0.100. The monoisotopic (exact) mass is 268 g/mol. The van der Waals surface area contributed by atoms with Gasteiger partial charge in [0.05, 0.1) is 11.4 Å². The van der Waals surface area contributed by atoms with Gasteiger partial charge in [0.1, 0.15) is 0 Å². The largest absolute Gasteiger partial charge is 0.399 e. The molecule has 0 radical (unpaired) electrons. The van der Waals surface area contributed by atoms with Crippen LogP contribution in [0.4, 0.5) is 22.7 Å². The first-order valence-electron chi connectivity index (χ1n) is 6.20. The average Bonchev–Trinajstić information content (AvgIpc) is 2.39. The Morgan fingerprint density at radius 1 is 1.10 bits per heavy atom. The third kappa shape index (κ3) is 3.65. The fraction of sp³-hybridized carbons (Fsp3) is 0.133. The zero-order chi connectivity index (χ0) is 14.5. The van der Waals surface area contributed by atoms with E-state index in [1.807, 2.05) is 19.1 Å². The second-order valence-electron chi connectivity index (χ2n) is 4.47. The normalized spacial score (nSPS) is 10.7. The van der Waals surface area contributed by atoms with Crippen LogP contribution in [0.2, 0.25) is 0 Å². The van der Waals surface area contributed by atoms with Gasteiger partial charge in [-0.15, -0.1) is 0 Å². The Labute approximate surface area is 117 Å². The van der Waals surface area contributed by atoms with Crippen LogP contribution in [0, 0.1) is 6.92 Å². The van der Waals surface area contributed by atoms with Crippen LogP contribution in [0.15, 0.2) is 52.7 Å². The molecule has 0 saturated heterocycles. The third-order valence-corrected chi connectivity index (χ3v) is 2.68. The lowest BCUT2D eigenvalue weighted by atomic mass is 10.2. The highest BCUT2D eigenvalue weighted by Gasteiger charge is 1.98. The molecule has 20 heavy (non-hydrogen) atoms. The molecule has 2 aromatic rings. The number of hydrogen-bond acceptors (Lipinski definition) is 4. The minimum Gasteiger partial charge on any atom is -0.399 e. The standard InChI is InChI=1S/C15H16N4O/c1-10-9-12(16)3-8-15(10)19-18-14-6-4-13(5-7-14)17-11(2)20/h3-9H,16H2,1-2H3,(H,17,20). The van der Waals surface area contributed by atoms with Crippen LogP contribution in [0.25, 0.3) is 0 Å². The molecule has 0 unspecified atom stereocenters. The second kappa shape index (κ2) is 5.97. The van der Waals surface area contributed by atoms with Crippen molar-refractivity contribution in [3.63, 3.8) is 0 Å². The first-order valence-corrected chi connectivity index (χ1v) is 6.20. The van der Waals surface area contributed by atoms with Gasteiger partial charge >= 0.3 is 0 Å². The van der Waals surface area contributed by atoms with Crippen LogP contribution in [0.3, 0.4) is 0 Å². The number of nitrogens with zero attached hydrogens (tertiary/aromatic N) is 2. The molecule has 0 aromatic heterocycles. The minimum absolute atomic E-state index is 0.100. The van der Waals surface area contributed by atoms with Crippen LogP contribution in [0.5, 0.6) is 0 Å². The van der Waals surface area contributed by atoms with Gasteiger partial charge in [0.15, 0.2) is 0 Å². The summed E-state index contributed by atoms with van der Waals surface area (Å²) in [7, 11) is 0. The van der Waals surface area contributed by atoms with Crippen molar-refractivity contribution in [1.82, 2.24) is 0 Å². The van der Waals surface area contributed by atoms with E-state index in [9.17, 15) is 4.79 Å². The molecular formula is C15H16N4O. The number of nitrogens with one attached hydrogen (secondary N) is 1. The number of carbonyl (C=O) groups excluding carboxylic acids is 1. The summed E-state index contributed by atoms with van der Waals surface area (Å²) in [6, 6.07) is 12.6. The molecule has 5 heteroatoms. The van der Waals surface area contributed by atoms with Gasteiger partial charge < -0.3 is 11.1 Å². The maximum atomic E-state index is 10.9. The van der Waals surface area contributed by atoms with E-state index in [1.54, 1.807) is 30.3 Å². The van der Waals surface area contributed by atoms with Gasteiger partial charge in [-0.25, -0.2) is 0 Å². The first kappa shape index (κ1) is 13.7. The third-order valence-electron chi connectivity index (χ3n) is 2.68. The number of benzene rings is 2.